The van der Waals surface area contributed by atoms with Gasteiger partial charge >= 0.3 is 0 Å². The van der Waals surface area contributed by atoms with Crippen molar-refractivity contribution in [2.75, 3.05) is 0 Å². The third-order valence-corrected chi connectivity index (χ3v) is 6.45. The summed E-state index contributed by atoms with van der Waals surface area (Å²) in [6.07, 6.45) is 10.8. The topological polar surface area (TPSA) is 24.5 Å². The van der Waals surface area contributed by atoms with Crippen LogP contribution in [0.15, 0.2) is 109 Å². The molecular formula is C29H20N2O. The van der Waals surface area contributed by atoms with Crippen LogP contribution in [0.3, 0.4) is 0 Å². The minimum Gasteiger partial charge on any atom is -0.456 e. The van der Waals surface area contributed by atoms with Crippen LogP contribution < -0.4 is 10.1 Å². The lowest BCUT2D eigenvalue weighted by Gasteiger charge is -2.22. The SMILES string of the molecule is C1=CC2NC(c3cccc(-c4ccc5c6c(cccc46)-c4ccccc4O5)c3)=CN2C=C1. The zero-order chi connectivity index (χ0) is 21.1. The first-order chi connectivity index (χ1) is 15.8. The molecule has 1 unspecified atom stereocenters. The second kappa shape index (κ2) is 6.63. The molecule has 4 aromatic carbocycles. The monoisotopic (exact) mass is 412 g/mol. The molecule has 0 radical (unpaired) electrons. The number of ether oxygens (including phenoxy) is 1. The summed E-state index contributed by atoms with van der Waals surface area (Å²) in [7, 11) is 0. The maximum absolute atomic E-state index is 6.26. The number of hydrogen-bond donors (Lipinski definition) is 1. The Bertz CT molecular complexity index is 1490. The van der Waals surface area contributed by atoms with Crippen molar-refractivity contribution in [1.82, 2.24) is 10.2 Å². The number of allylic oxidation sites excluding steroid dienone is 2. The molecule has 3 aliphatic heterocycles. The van der Waals surface area contributed by atoms with Crippen molar-refractivity contribution >= 4 is 16.5 Å². The van der Waals surface area contributed by atoms with E-state index in [4.69, 9.17) is 4.74 Å². The zero-order valence-electron chi connectivity index (χ0n) is 17.3. The Hall–Kier alpha value is -4.24. The lowest BCUT2D eigenvalue weighted by atomic mass is 9.90. The van der Waals surface area contributed by atoms with Gasteiger partial charge in [0.15, 0.2) is 0 Å². The van der Waals surface area contributed by atoms with Crippen LogP contribution in [-0.4, -0.2) is 11.1 Å². The molecule has 32 heavy (non-hydrogen) atoms. The van der Waals surface area contributed by atoms with Gasteiger partial charge in [-0.3, -0.25) is 0 Å². The van der Waals surface area contributed by atoms with E-state index in [1.165, 1.54) is 33.0 Å². The van der Waals surface area contributed by atoms with Gasteiger partial charge in [0, 0.05) is 23.3 Å². The molecule has 0 bridgehead atoms. The van der Waals surface area contributed by atoms with Gasteiger partial charge in [0.25, 0.3) is 0 Å². The summed E-state index contributed by atoms with van der Waals surface area (Å²) >= 11 is 0. The zero-order valence-corrected chi connectivity index (χ0v) is 17.3. The lowest BCUT2D eigenvalue weighted by Crippen LogP contribution is -2.31. The van der Waals surface area contributed by atoms with Crippen LogP contribution in [0.4, 0.5) is 0 Å². The van der Waals surface area contributed by atoms with Gasteiger partial charge in [-0.15, -0.1) is 0 Å². The second-order valence-electron chi connectivity index (χ2n) is 8.32. The first-order valence-corrected chi connectivity index (χ1v) is 10.9. The molecule has 3 heterocycles. The number of fused-ring (bicyclic) bond motifs is 3. The first-order valence-electron chi connectivity index (χ1n) is 10.9. The van der Waals surface area contributed by atoms with Crippen molar-refractivity contribution in [1.29, 1.82) is 0 Å². The molecule has 1 N–H and O–H groups in total. The fourth-order valence-corrected chi connectivity index (χ4v) is 4.95. The van der Waals surface area contributed by atoms with Crippen molar-refractivity contribution < 1.29 is 4.74 Å². The van der Waals surface area contributed by atoms with Gasteiger partial charge in [-0.1, -0.05) is 66.7 Å². The molecule has 1 atom stereocenters. The summed E-state index contributed by atoms with van der Waals surface area (Å²) in [6, 6.07) is 27.8. The molecule has 0 aromatic heterocycles. The maximum atomic E-state index is 6.26. The van der Waals surface area contributed by atoms with Crippen LogP contribution >= 0.6 is 0 Å². The van der Waals surface area contributed by atoms with Crippen molar-refractivity contribution in [3.8, 4) is 33.8 Å². The van der Waals surface area contributed by atoms with E-state index in [-0.39, 0.29) is 6.17 Å². The van der Waals surface area contributed by atoms with Crippen LogP contribution in [0, 0.1) is 0 Å². The predicted octanol–water partition coefficient (Wildman–Crippen LogP) is 6.89. The largest absolute Gasteiger partial charge is 0.456 e. The average molecular weight is 412 g/mol. The average Bonchev–Trinajstić information content (AvgIpc) is 3.29. The van der Waals surface area contributed by atoms with Gasteiger partial charge in [0.1, 0.15) is 17.7 Å². The van der Waals surface area contributed by atoms with E-state index in [1.807, 2.05) is 12.1 Å². The highest BCUT2D eigenvalue weighted by Gasteiger charge is 2.23. The Kier molecular flexibility index (Phi) is 3.61. The fourth-order valence-electron chi connectivity index (χ4n) is 4.95. The van der Waals surface area contributed by atoms with Gasteiger partial charge in [-0.25, -0.2) is 0 Å². The fraction of sp³-hybridized carbons (Fsp3) is 0.0345. The Morgan fingerprint density at radius 3 is 2.56 bits per heavy atom. The van der Waals surface area contributed by atoms with E-state index in [9.17, 15) is 0 Å². The summed E-state index contributed by atoms with van der Waals surface area (Å²) in [5.74, 6) is 1.84. The molecule has 3 heteroatoms. The second-order valence-corrected chi connectivity index (χ2v) is 8.32. The number of rotatable bonds is 2. The highest BCUT2D eigenvalue weighted by molar-refractivity contribution is 6.09. The normalized spacial score (nSPS) is 17.4. The van der Waals surface area contributed by atoms with Crippen molar-refractivity contribution in [2.45, 2.75) is 6.17 Å². The molecule has 4 aromatic rings. The van der Waals surface area contributed by atoms with Crippen LogP contribution in [0.1, 0.15) is 5.56 Å². The third-order valence-electron chi connectivity index (χ3n) is 6.45. The van der Waals surface area contributed by atoms with Crippen LogP contribution in [-0.2, 0) is 0 Å². The molecule has 0 aliphatic carbocycles. The third kappa shape index (κ3) is 2.55. The Balaban J connectivity index is 1.37. The van der Waals surface area contributed by atoms with Crippen molar-refractivity contribution in [3.63, 3.8) is 0 Å². The van der Waals surface area contributed by atoms with Crippen molar-refractivity contribution in [2.24, 2.45) is 0 Å². The molecule has 0 spiro atoms. The standard InChI is InChI=1S/C29H20N2O/c1-2-12-26-22(9-1)24-11-6-10-23-21(14-15-27(32-26)29(23)24)19-7-5-8-20(17-19)25-18-31-16-4-3-13-28(31)30-25/h1-18,28,30H. The molecule has 152 valence electrons. The van der Waals surface area contributed by atoms with E-state index in [1.54, 1.807) is 0 Å². The number of benzene rings is 4. The summed E-state index contributed by atoms with van der Waals surface area (Å²) < 4.78 is 6.26. The minimum atomic E-state index is 0.191. The van der Waals surface area contributed by atoms with E-state index in [0.29, 0.717) is 0 Å². The van der Waals surface area contributed by atoms with E-state index >= 15 is 0 Å². The maximum Gasteiger partial charge on any atom is 0.135 e. The summed E-state index contributed by atoms with van der Waals surface area (Å²) in [4.78, 5) is 2.19. The molecule has 3 nitrogen and oxygen atoms in total. The van der Waals surface area contributed by atoms with Gasteiger partial charge in [0.2, 0.25) is 0 Å². The Labute approximate surface area is 186 Å². The molecular weight excluding hydrogens is 392 g/mol. The molecule has 0 amide bonds. The van der Waals surface area contributed by atoms with Crippen LogP contribution in [0.25, 0.3) is 38.7 Å². The van der Waals surface area contributed by atoms with E-state index in [2.05, 4.69) is 108 Å². The summed E-state index contributed by atoms with van der Waals surface area (Å²) in [5.41, 5.74) is 7.10. The number of hydrogen-bond acceptors (Lipinski definition) is 3. The van der Waals surface area contributed by atoms with E-state index in [0.717, 1.165) is 22.8 Å². The number of para-hydroxylation sites is 1. The molecule has 3 aliphatic rings. The highest BCUT2D eigenvalue weighted by Crippen LogP contribution is 2.48. The lowest BCUT2D eigenvalue weighted by molar-refractivity contribution is 0.427. The van der Waals surface area contributed by atoms with Gasteiger partial charge in [-0.05, 0) is 58.0 Å². The summed E-state index contributed by atoms with van der Waals surface area (Å²) in [5, 5.41) is 5.99. The minimum absolute atomic E-state index is 0.191. The first kappa shape index (κ1) is 17.4. The number of nitrogens with zero attached hydrogens (tertiary/aromatic N) is 1. The number of nitrogens with one attached hydrogen (secondary N) is 1. The highest BCUT2D eigenvalue weighted by atomic mass is 16.5. The predicted molar refractivity (Wildman–Crippen MR) is 130 cm³/mol. The quantitative estimate of drug-likeness (QED) is 0.342. The van der Waals surface area contributed by atoms with E-state index < -0.39 is 0 Å². The molecule has 0 saturated heterocycles. The van der Waals surface area contributed by atoms with Crippen molar-refractivity contribution in [3.05, 3.63) is 115 Å². The smallest absolute Gasteiger partial charge is 0.135 e. The van der Waals surface area contributed by atoms with Gasteiger partial charge in [-0.2, -0.15) is 0 Å². The van der Waals surface area contributed by atoms with Crippen LogP contribution in [0.2, 0.25) is 0 Å². The Morgan fingerprint density at radius 2 is 1.59 bits per heavy atom. The van der Waals surface area contributed by atoms with Gasteiger partial charge in [0.05, 0.1) is 5.70 Å². The van der Waals surface area contributed by atoms with Crippen LogP contribution in [0.5, 0.6) is 11.5 Å². The molecule has 0 saturated carbocycles. The molecule has 0 fully saturated rings. The van der Waals surface area contributed by atoms with Gasteiger partial charge < -0.3 is 15.0 Å². The summed E-state index contributed by atoms with van der Waals surface area (Å²) in [6.45, 7) is 0. The Morgan fingerprint density at radius 1 is 0.719 bits per heavy atom. The molecule has 7 rings (SSSR count).